The number of furan rings is 1. The van der Waals surface area contributed by atoms with Crippen molar-refractivity contribution in [2.75, 3.05) is 4.90 Å². The largest absolute Gasteiger partial charge is 0.456 e. The lowest BCUT2D eigenvalue weighted by atomic mass is 9.98. The van der Waals surface area contributed by atoms with Gasteiger partial charge >= 0.3 is 0 Å². The molecule has 244 valence electrons. The molecule has 0 aliphatic carbocycles. The van der Waals surface area contributed by atoms with E-state index in [9.17, 15) is 0 Å². The average molecular weight is 666 g/mol. The van der Waals surface area contributed by atoms with Crippen molar-refractivity contribution in [3.63, 3.8) is 0 Å². The van der Waals surface area contributed by atoms with E-state index in [-0.39, 0.29) is 0 Å². The van der Waals surface area contributed by atoms with Crippen molar-refractivity contribution in [1.29, 1.82) is 0 Å². The zero-order valence-corrected chi connectivity index (χ0v) is 28.1. The van der Waals surface area contributed by atoms with Crippen LogP contribution in [0.15, 0.2) is 192 Å². The van der Waals surface area contributed by atoms with Gasteiger partial charge in [0, 0.05) is 44.3 Å². The quantitative estimate of drug-likeness (QED) is 0.166. The van der Waals surface area contributed by atoms with Gasteiger partial charge in [-0.15, -0.1) is 0 Å². The fraction of sp³-hybridized carbons (Fsp3) is 0. The van der Waals surface area contributed by atoms with Gasteiger partial charge in [-0.1, -0.05) is 127 Å². The first-order valence-electron chi connectivity index (χ1n) is 17.5. The maximum Gasteiger partial charge on any atom is 0.135 e. The highest BCUT2D eigenvalue weighted by Gasteiger charge is 2.18. The molecule has 10 rings (SSSR count). The Labute approximate surface area is 300 Å². The predicted octanol–water partition coefficient (Wildman–Crippen LogP) is 13.2. The molecule has 0 amide bonds. The third-order valence-corrected chi connectivity index (χ3v) is 9.82. The van der Waals surface area contributed by atoms with Gasteiger partial charge in [-0.2, -0.15) is 0 Å². The molecule has 52 heavy (non-hydrogen) atoms. The van der Waals surface area contributed by atoms with E-state index in [1.165, 1.54) is 0 Å². The van der Waals surface area contributed by atoms with Crippen LogP contribution in [-0.4, -0.2) is 9.97 Å². The smallest absolute Gasteiger partial charge is 0.135 e. The molecule has 8 aromatic carbocycles. The average Bonchev–Trinajstić information content (AvgIpc) is 3.59. The van der Waals surface area contributed by atoms with Gasteiger partial charge in [0.2, 0.25) is 0 Å². The zero-order valence-electron chi connectivity index (χ0n) is 28.1. The molecule has 0 aliphatic heterocycles. The van der Waals surface area contributed by atoms with Gasteiger partial charge in [-0.25, -0.2) is 9.97 Å². The Kier molecular flexibility index (Phi) is 7.10. The Morgan fingerprint density at radius 3 is 1.77 bits per heavy atom. The van der Waals surface area contributed by atoms with Crippen molar-refractivity contribution in [2.24, 2.45) is 0 Å². The highest BCUT2D eigenvalue weighted by atomic mass is 16.3. The molecular formula is C48H31N3O. The van der Waals surface area contributed by atoms with Crippen molar-refractivity contribution >= 4 is 60.8 Å². The van der Waals surface area contributed by atoms with Gasteiger partial charge in [0.25, 0.3) is 0 Å². The van der Waals surface area contributed by atoms with E-state index >= 15 is 0 Å². The number of benzene rings is 8. The predicted molar refractivity (Wildman–Crippen MR) is 215 cm³/mol. The van der Waals surface area contributed by atoms with E-state index < -0.39 is 0 Å². The first-order valence-corrected chi connectivity index (χ1v) is 17.5. The molecule has 0 aliphatic rings. The van der Waals surface area contributed by atoms with Crippen LogP contribution in [0, 0.1) is 0 Å². The second-order valence-electron chi connectivity index (χ2n) is 13.0. The first-order chi connectivity index (χ1) is 25.8. The molecule has 0 saturated carbocycles. The van der Waals surface area contributed by atoms with Crippen LogP contribution in [0.3, 0.4) is 0 Å². The Balaban J connectivity index is 1.09. The molecule has 0 N–H and O–H groups in total. The highest BCUT2D eigenvalue weighted by Crippen LogP contribution is 2.40. The van der Waals surface area contributed by atoms with Gasteiger partial charge in [-0.3, -0.25) is 0 Å². The molecule has 0 fully saturated rings. The Bertz CT molecular complexity index is 2900. The number of para-hydroxylation sites is 2. The summed E-state index contributed by atoms with van der Waals surface area (Å²) in [5.41, 5.74) is 12.9. The summed E-state index contributed by atoms with van der Waals surface area (Å²) in [6, 6.07) is 65.5. The van der Waals surface area contributed by atoms with Crippen molar-refractivity contribution < 1.29 is 4.42 Å². The summed E-state index contributed by atoms with van der Waals surface area (Å²) in [5.74, 6) is 0. The van der Waals surface area contributed by atoms with Gasteiger partial charge in [0.1, 0.15) is 11.2 Å². The standard InChI is InChI=1S/C48H31N3O/c1-4-13-32(14-5-1)46-47(33-15-6-2-7-16-33)50-48-40-26-23-35(29-36(40)24-27-43(48)49-46)34-17-12-20-38(30-34)51(37-18-8-3-9-19-37)39-25-28-45-42(31-39)41-21-10-11-22-44(41)52-45/h1-31H. The maximum absolute atomic E-state index is 6.17. The van der Waals surface area contributed by atoms with Crippen LogP contribution < -0.4 is 4.90 Å². The number of fused-ring (bicyclic) bond motifs is 6. The minimum atomic E-state index is 0.877. The monoisotopic (exact) mass is 665 g/mol. The first kappa shape index (κ1) is 29.8. The zero-order chi connectivity index (χ0) is 34.4. The summed E-state index contributed by atoms with van der Waals surface area (Å²) in [4.78, 5) is 12.8. The molecule has 10 aromatic rings. The lowest BCUT2D eigenvalue weighted by Crippen LogP contribution is -2.09. The molecule has 4 heteroatoms. The molecular weight excluding hydrogens is 635 g/mol. The van der Waals surface area contributed by atoms with Crippen LogP contribution in [0.25, 0.3) is 77.4 Å². The van der Waals surface area contributed by atoms with Crippen molar-refractivity contribution in [3.05, 3.63) is 188 Å². The minimum absolute atomic E-state index is 0.877. The van der Waals surface area contributed by atoms with Gasteiger partial charge in [0.15, 0.2) is 0 Å². The van der Waals surface area contributed by atoms with E-state index in [0.29, 0.717) is 0 Å². The van der Waals surface area contributed by atoms with E-state index in [1.807, 2.05) is 36.4 Å². The molecule has 0 spiro atoms. The van der Waals surface area contributed by atoms with Crippen LogP contribution in [0.4, 0.5) is 17.1 Å². The highest BCUT2D eigenvalue weighted by molar-refractivity contribution is 6.08. The lowest BCUT2D eigenvalue weighted by molar-refractivity contribution is 0.669. The van der Waals surface area contributed by atoms with Crippen molar-refractivity contribution in [1.82, 2.24) is 9.97 Å². The van der Waals surface area contributed by atoms with E-state index in [2.05, 4.69) is 157 Å². The minimum Gasteiger partial charge on any atom is -0.456 e. The van der Waals surface area contributed by atoms with Crippen LogP contribution in [0.2, 0.25) is 0 Å². The molecule has 2 heterocycles. The van der Waals surface area contributed by atoms with Crippen LogP contribution >= 0.6 is 0 Å². The number of hydrogen-bond acceptors (Lipinski definition) is 4. The molecule has 0 unspecified atom stereocenters. The fourth-order valence-electron chi connectivity index (χ4n) is 7.32. The number of hydrogen-bond donors (Lipinski definition) is 0. The van der Waals surface area contributed by atoms with Crippen molar-refractivity contribution in [3.8, 4) is 33.6 Å². The van der Waals surface area contributed by atoms with Crippen LogP contribution in [-0.2, 0) is 0 Å². The Hall–Kier alpha value is -7.04. The van der Waals surface area contributed by atoms with E-state index in [1.54, 1.807) is 0 Å². The third-order valence-electron chi connectivity index (χ3n) is 9.82. The molecule has 4 nitrogen and oxygen atoms in total. The molecule has 0 bridgehead atoms. The fourth-order valence-corrected chi connectivity index (χ4v) is 7.32. The van der Waals surface area contributed by atoms with Crippen molar-refractivity contribution in [2.45, 2.75) is 0 Å². The molecule has 0 radical (unpaired) electrons. The molecule has 0 saturated heterocycles. The molecule has 0 atom stereocenters. The second-order valence-corrected chi connectivity index (χ2v) is 13.0. The summed E-state index contributed by atoms with van der Waals surface area (Å²) in [5, 5.41) is 4.41. The lowest BCUT2D eigenvalue weighted by Gasteiger charge is -2.26. The summed E-state index contributed by atoms with van der Waals surface area (Å²) < 4.78 is 6.17. The molecule has 2 aromatic heterocycles. The topological polar surface area (TPSA) is 42.2 Å². The summed E-state index contributed by atoms with van der Waals surface area (Å²) in [6.07, 6.45) is 0. The third kappa shape index (κ3) is 5.17. The Morgan fingerprint density at radius 2 is 0.981 bits per heavy atom. The summed E-state index contributed by atoms with van der Waals surface area (Å²) in [7, 11) is 0. The van der Waals surface area contributed by atoms with E-state index in [4.69, 9.17) is 14.4 Å². The Morgan fingerprint density at radius 1 is 0.365 bits per heavy atom. The summed E-state index contributed by atoms with van der Waals surface area (Å²) >= 11 is 0. The number of anilines is 3. The second kappa shape index (κ2) is 12.4. The van der Waals surface area contributed by atoms with Gasteiger partial charge < -0.3 is 9.32 Å². The number of aromatic nitrogens is 2. The van der Waals surface area contributed by atoms with Gasteiger partial charge in [0.05, 0.1) is 22.4 Å². The number of nitrogens with zero attached hydrogens (tertiary/aromatic N) is 3. The number of rotatable bonds is 6. The maximum atomic E-state index is 6.17. The SMILES string of the molecule is c1ccc(-c2nc3ccc4cc(-c5cccc(N(c6ccccc6)c6ccc7oc8ccccc8c7c6)c5)ccc4c3nc2-c2ccccc2)cc1. The van der Waals surface area contributed by atoms with Crippen LogP contribution in [0.1, 0.15) is 0 Å². The van der Waals surface area contributed by atoms with E-state index in [0.717, 1.165) is 94.4 Å². The summed E-state index contributed by atoms with van der Waals surface area (Å²) in [6.45, 7) is 0. The normalized spacial score (nSPS) is 11.5. The van der Waals surface area contributed by atoms with Crippen LogP contribution in [0.5, 0.6) is 0 Å². The van der Waals surface area contributed by atoms with Gasteiger partial charge in [-0.05, 0) is 77.2 Å².